The standard InChI is InChI=1S/C32H33N7O/c1-23-12-13-27(32(40)38-18-19-39-30(22-38)34-35-31(39)25-8-4-3-5-9-25)24(2)28(23)21-36-14-16-37(17-15-36)29-11-7-6-10-26(29)20-33/h3-13H,14-19,21-22H2,1-2H3. The third-order valence-corrected chi connectivity index (χ3v) is 8.25. The van der Waals surface area contributed by atoms with Crippen LogP contribution in [-0.2, 0) is 19.6 Å². The minimum atomic E-state index is 0.0483. The summed E-state index contributed by atoms with van der Waals surface area (Å²) >= 11 is 0. The lowest BCUT2D eigenvalue weighted by Gasteiger charge is -2.37. The molecule has 1 aromatic heterocycles. The van der Waals surface area contributed by atoms with E-state index in [-0.39, 0.29) is 5.91 Å². The summed E-state index contributed by atoms with van der Waals surface area (Å²) in [4.78, 5) is 20.4. The van der Waals surface area contributed by atoms with E-state index >= 15 is 0 Å². The van der Waals surface area contributed by atoms with Gasteiger partial charge in [0, 0.05) is 56.9 Å². The number of aromatic nitrogens is 3. The third-order valence-electron chi connectivity index (χ3n) is 8.25. The second-order valence-corrected chi connectivity index (χ2v) is 10.6. The molecule has 6 rings (SSSR count). The number of rotatable bonds is 5. The molecule has 0 spiro atoms. The van der Waals surface area contributed by atoms with Crippen LogP contribution < -0.4 is 4.90 Å². The van der Waals surface area contributed by atoms with Gasteiger partial charge in [-0.05, 0) is 48.7 Å². The zero-order valence-corrected chi connectivity index (χ0v) is 23.0. The van der Waals surface area contributed by atoms with Crippen molar-refractivity contribution in [3.63, 3.8) is 0 Å². The van der Waals surface area contributed by atoms with Gasteiger partial charge in [-0.3, -0.25) is 9.69 Å². The van der Waals surface area contributed by atoms with E-state index in [2.05, 4.69) is 50.5 Å². The highest BCUT2D eigenvalue weighted by molar-refractivity contribution is 5.96. The molecule has 1 saturated heterocycles. The molecule has 0 atom stereocenters. The molecular weight excluding hydrogens is 498 g/mol. The number of fused-ring (bicyclic) bond motifs is 1. The van der Waals surface area contributed by atoms with Gasteiger partial charge in [-0.2, -0.15) is 5.26 Å². The maximum Gasteiger partial charge on any atom is 0.254 e. The van der Waals surface area contributed by atoms with Gasteiger partial charge in [0.25, 0.3) is 5.91 Å². The second-order valence-electron chi connectivity index (χ2n) is 10.6. The third kappa shape index (κ3) is 4.85. The first kappa shape index (κ1) is 25.8. The van der Waals surface area contributed by atoms with E-state index in [1.807, 2.05) is 65.6 Å². The lowest BCUT2D eigenvalue weighted by Crippen LogP contribution is -2.46. The lowest BCUT2D eigenvalue weighted by atomic mass is 9.96. The predicted molar refractivity (Wildman–Crippen MR) is 155 cm³/mol. The summed E-state index contributed by atoms with van der Waals surface area (Å²) in [5.74, 6) is 1.72. The number of nitrogens with zero attached hydrogens (tertiary/aromatic N) is 7. The van der Waals surface area contributed by atoms with Crippen molar-refractivity contribution in [2.45, 2.75) is 33.5 Å². The van der Waals surface area contributed by atoms with Crippen molar-refractivity contribution in [2.24, 2.45) is 0 Å². The number of piperazine rings is 1. The Morgan fingerprint density at radius 2 is 1.62 bits per heavy atom. The van der Waals surface area contributed by atoms with Gasteiger partial charge in [0.05, 0.1) is 17.8 Å². The largest absolute Gasteiger partial charge is 0.368 e. The molecule has 1 fully saturated rings. The van der Waals surface area contributed by atoms with Gasteiger partial charge < -0.3 is 14.4 Å². The maximum atomic E-state index is 13.7. The van der Waals surface area contributed by atoms with Crippen LogP contribution >= 0.6 is 0 Å². The van der Waals surface area contributed by atoms with Gasteiger partial charge in [0.15, 0.2) is 11.6 Å². The van der Waals surface area contributed by atoms with Crippen molar-refractivity contribution in [3.05, 3.63) is 100 Å². The zero-order chi connectivity index (χ0) is 27.6. The zero-order valence-electron chi connectivity index (χ0n) is 23.0. The Balaban J connectivity index is 1.15. The van der Waals surface area contributed by atoms with E-state index in [0.29, 0.717) is 19.6 Å². The molecule has 2 aliphatic rings. The second kappa shape index (κ2) is 10.9. The summed E-state index contributed by atoms with van der Waals surface area (Å²) in [6.45, 7) is 10.3. The molecule has 3 aromatic carbocycles. The molecule has 8 nitrogen and oxygen atoms in total. The summed E-state index contributed by atoms with van der Waals surface area (Å²) in [5, 5.41) is 18.3. The molecule has 8 heteroatoms. The molecule has 0 saturated carbocycles. The molecule has 3 heterocycles. The number of nitriles is 1. The fourth-order valence-corrected chi connectivity index (χ4v) is 5.88. The first-order chi connectivity index (χ1) is 19.5. The molecule has 40 heavy (non-hydrogen) atoms. The van der Waals surface area contributed by atoms with Gasteiger partial charge in [0.2, 0.25) is 0 Å². The lowest BCUT2D eigenvalue weighted by molar-refractivity contribution is 0.0707. The molecule has 202 valence electrons. The first-order valence-electron chi connectivity index (χ1n) is 13.9. The van der Waals surface area contributed by atoms with Crippen LogP contribution in [0.25, 0.3) is 11.4 Å². The summed E-state index contributed by atoms with van der Waals surface area (Å²) in [6, 6.07) is 24.3. The number of amides is 1. The van der Waals surface area contributed by atoms with E-state index in [1.165, 1.54) is 11.1 Å². The monoisotopic (exact) mass is 531 g/mol. The van der Waals surface area contributed by atoms with Crippen molar-refractivity contribution in [1.29, 1.82) is 5.26 Å². The quantitative estimate of drug-likeness (QED) is 0.380. The molecule has 0 unspecified atom stereocenters. The Morgan fingerprint density at radius 3 is 2.40 bits per heavy atom. The van der Waals surface area contributed by atoms with Gasteiger partial charge >= 0.3 is 0 Å². The van der Waals surface area contributed by atoms with Crippen LogP contribution in [0.15, 0.2) is 66.7 Å². The smallest absolute Gasteiger partial charge is 0.254 e. The summed E-state index contributed by atoms with van der Waals surface area (Å²) in [5.41, 5.74) is 7.02. The highest BCUT2D eigenvalue weighted by atomic mass is 16.2. The van der Waals surface area contributed by atoms with Crippen molar-refractivity contribution in [3.8, 4) is 17.5 Å². The predicted octanol–water partition coefficient (Wildman–Crippen LogP) is 4.41. The number of anilines is 1. The Labute approximate surface area is 235 Å². The number of benzene rings is 3. The van der Waals surface area contributed by atoms with E-state index in [9.17, 15) is 10.1 Å². The number of carbonyl (C=O) groups excluding carboxylic acids is 1. The van der Waals surface area contributed by atoms with Crippen LogP contribution in [0.5, 0.6) is 0 Å². The van der Waals surface area contributed by atoms with Crippen molar-refractivity contribution >= 4 is 11.6 Å². The maximum absolute atomic E-state index is 13.7. The topological polar surface area (TPSA) is 81.3 Å². The first-order valence-corrected chi connectivity index (χ1v) is 13.9. The highest BCUT2D eigenvalue weighted by Crippen LogP contribution is 2.27. The number of carbonyl (C=O) groups is 1. The molecule has 0 aliphatic carbocycles. The summed E-state index contributed by atoms with van der Waals surface area (Å²) < 4.78 is 2.13. The van der Waals surface area contributed by atoms with Gasteiger partial charge in [-0.1, -0.05) is 48.5 Å². The Bertz CT molecular complexity index is 1580. The minimum absolute atomic E-state index is 0.0483. The Hall–Kier alpha value is -4.48. The highest BCUT2D eigenvalue weighted by Gasteiger charge is 2.28. The van der Waals surface area contributed by atoms with Crippen molar-refractivity contribution < 1.29 is 4.79 Å². The van der Waals surface area contributed by atoms with Crippen molar-refractivity contribution in [2.75, 3.05) is 37.6 Å². The molecule has 0 N–H and O–H groups in total. The number of aryl methyl sites for hydroxylation is 1. The molecule has 4 aromatic rings. The van der Waals surface area contributed by atoms with E-state index < -0.39 is 0 Å². The molecule has 0 bridgehead atoms. The normalized spacial score (nSPS) is 15.5. The SMILES string of the molecule is Cc1ccc(C(=O)N2CCn3c(nnc3-c3ccccc3)C2)c(C)c1CN1CCN(c2ccccc2C#N)CC1. The Kier molecular flexibility index (Phi) is 7.06. The average molecular weight is 532 g/mol. The molecule has 0 radical (unpaired) electrons. The van der Waals surface area contributed by atoms with Crippen LogP contribution in [0.1, 0.15) is 38.4 Å². The van der Waals surface area contributed by atoms with Crippen LogP contribution in [-0.4, -0.2) is 63.2 Å². The van der Waals surface area contributed by atoms with Crippen LogP contribution in [0, 0.1) is 25.2 Å². The van der Waals surface area contributed by atoms with Crippen molar-refractivity contribution in [1.82, 2.24) is 24.6 Å². The summed E-state index contributed by atoms with van der Waals surface area (Å²) in [6.07, 6.45) is 0. The molecule has 2 aliphatic heterocycles. The van der Waals surface area contributed by atoms with E-state index in [1.54, 1.807) is 0 Å². The van der Waals surface area contributed by atoms with Gasteiger partial charge in [-0.15, -0.1) is 10.2 Å². The minimum Gasteiger partial charge on any atom is -0.368 e. The Morgan fingerprint density at radius 1 is 0.875 bits per heavy atom. The molecule has 1 amide bonds. The fourth-order valence-electron chi connectivity index (χ4n) is 5.88. The summed E-state index contributed by atoms with van der Waals surface area (Å²) in [7, 11) is 0. The number of hydrogen-bond acceptors (Lipinski definition) is 6. The molecular formula is C32H33N7O. The van der Waals surface area contributed by atoms with E-state index in [4.69, 9.17) is 0 Å². The van der Waals surface area contributed by atoms with Gasteiger partial charge in [0.1, 0.15) is 6.07 Å². The fraction of sp³-hybridized carbons (Fsp3) is 0.312. The van der Waals surface area contributed by atoms with Crippen LogP contribution in [0.3, 0.4) is 0 Å². The van der Waals surface area contributed by atoms with Crippen LogP contribution in [0.4, 0.5) is 5.69 Å². The van der Waals surface area contributed by atoms with E-state index in [0.717, 1.165) is 72.3 Å². The number of hydrogen-bond donors (Lipinski definition) is 0. The number of para-hydroxylation sites is 1. The van der Waals surface area contributed by atoms with Gasteiger partial charge in [-0.25, -0.2) is 0 Å². The van der Waals surface area contributed by atoms with Crippen LogP contribution in [0.2, 0.25) is 0 Å². The average Bonchev–Trinajstić information content (AvgIpc) is 3.43.